The number of imide groups is 1. The Hall–Kier alpha value is -3.80. The average Bonchev–Trinajstić information content (AvgIpc) is 3.25. The third-order valence-electron chi connectivity index (χ3n) is 4.57. The maximum absolute atomic E-state index is 14.8. The largest absolute Gasteiger partial charge is 0.493 e. The highest BCUT2D eigenvalue weighted by Gasteiger charge is 2.23. The lowest BCUT2D eigenvalue weighted by molar-refractivity contribution is -0.117. The van der Waals surface area contributed by atoms with Crippen molar-refractivity contribution in [2.75, 3.05) is 33.6 Å². The number of methoxy groups -OCH3 is 3. The monoisotopic (exact) mass is 489 g/mol. The van der Waals surface area contributed by atoms with E-state index in [0.29, 0.717) is 29.4 Å². The van der Waals surface area contributed by atoms with E-state index in [9.17, 15) is 14.0 Å². The highest BCUT2D eigenvalue weighted by atomic mass is 32.2. The van der Waals surface area contributed by atoms with E-state index in [0.717, 1.165) is 11.8 Å². The molecule has 34 heavy (non-hydrogen) atoms. The van der Waals surface area contributed by atoms with Crippen molar-refractivity contribution in [3.63, 3.8) is 0 Å². The Morgan fingerprint density at radius 3 is 2.32 bits per heavy atom. The number of benzene rings is 2. The topological polar surface area (TPSA) is 117 Å². The van der Waals surface area contributed by atoms with Gasteiger partial charge in [-0.05, 0) is 31.2 Å². The van der Waals surface area contributed by atoms with Gasteiger partial charge in [0, 0.05) is 12.1 Å². The number of hydrogen-bond acceptors (Lipinski definition) is 8. The summed E-state index contributed by atoms with van der Waals surface area (Å²) in [5.74, 6) is 0.265. The number of thioether (sulfide) groups is 1. The van der Waals surface area contributed by atoms with Crippen molar-refractivity contribution in [1.29, 1.82) is 0 Å². The van der Waals surface area contributed by atoms with Gasteiger partial charge in [-0.2, -0.15) is 0 Å². The number of nitrogens with zero attached hydrogens (tertiary/aromatic N) is 3. The van der Waals surface area contributed by atoms with E-state index in [1.54, 1.807) is 37.3 Å². The van der Waals surface area contributed by atoms with Gasteiger partial charge in [-0.25, -0.2) is 9.18 Å². The molecule has 0 aliphatic carbocycles. The van der Waals surface area contributed by atoms with Gasteiger partial charge in [0.05, 0.1) is 32.8 Å². The molecule has 10 nitrogen and oxygen atoms in total. The molecule has 3 rings (SSSR count). The van der Waals surface area contributed by atoms with Crippen LogP contribution in [-0.4, -0.2) is 60.3 Å². The van der Waals surface area contributed by atoms with Gasteiger partial charge in [0.15, 0.2) is 22.5 Å². The second kappa shape index (κ2) is 11.4. The van der Waals surface area contributed by atoms with Crippen LogP contribution in [0.1, 0.15) is 6.92 Å². The molecule has 0 saturated heterocycles. The lowest BCUT2D eigenvalue weighted by atomic mass is 10.1. The minimum atomic E-state index is -0.596. The summed E-state index contributed by atoms with van der Waals surface area (Å²) in [6.45, 7) is 2.12. The minimum Gasteiger partial charge on any atom is -0.493 e. The van der Waals surface area contributed by atoms with Crippen molar-refractivity contribution in [3.05, 3.63) is 42.2 Å². The number of para-hydroxylation sites is 1. The Kier molecular flexibility index (Phi) is 8.30. The summed E-state index contributed by atoms with van der Waals surface area (Å²) in [6, 6.07) is 8.85. The second-order valence-electron chi connectivity index (χ2n) is 6.70. The molecule has 0 bridgehead atoms. The van der Waals surface area contributed by atoms with Crippen LogP contribution in [0.25, 0.3) is 17.1 Å². The van der Waals surface area contributed by atoms with Gasteiger partial charge in [0.1, 0.15) is 5.82 Å². The van der Waals surface area contributed by atoms with Crippen LogP contribution in [0.3, 0.4) is 0 Å². The van der Waals surface area contributed by atoms with E-state index in [-0.39, 0.29) is 22.4 Å². The van der Waals surface area contributed by atoms with Gasteiger partial charge in [-0.15, -0.1) is 10.2 Å². The normalized spacial score (nSPS) is 10.5. The fourth-order valence-electron chi connectivity index (χ4n) is 3.11. The lowest BCUT2D eigenvalue weighted by Gasteiger charge is -2.15. The van der Waals surface area contributed by atoms with Crippen molar-refractivity contribution in [3.8, 4) is 34.3 Å². The summed E-state index contributed by atoms with van der Waals surface area (Å²) in [7, 11) is 4.46. The molecule has 12 heteroatoms. The number of rotatable bonds is 9. The first-order valence-corrected chi connectivity index (χ1v) is 11.1. The first-order chi connectivity index (χ1) is 16.4. The Bertz CT molecular complexity index is 1160. The lowest BCUT2D eigenvalue weighted by Crippen LogP contribution is -2.40. The van der Waals surface area contributed by atoms with Crippen LogP contribution in [0.2, 0.25) is 0 Å². The Morgan fingerprint density at radius 2 is 1.74 bits per heavy atom. The van der Waals surface area contributed by atoms with Gasteiger partial charge in [0.2, 0.25) is 11.7 Å². The number of halogens is 1. The summed E-state index contributed by atoms with van der Waals surface area (Å²) in [4.78, 5) is 23.8. The number of ether oxygens (including phenoxy) is 3. The van der Waals surface area contributed by atoms with Crippen molar-refractivity contribution in [1.82, 2.24) is 25.4 Å². The zero-order chi connectivity index (χ0) is 24.7. The molecule has 0 aliphatic heterocycles. The molecule has 0 aliphatic rings. The third-order valence-corrected chi connectivity index (χ3v) is 5.50. The van der Waals surface area contributed by atoms with Crippen LogP contribution in [0.15, 0.2) is 41.6 Å². The Labute approximate surface area is 199 Å². The van der Waals surface area contributed by atoms with E-state index in [1.165, 1.54) is 32.0 Å². The number of aromatic nitrogens is 3. The zero-order valence-electron chi connectivity index (χ0n) is 19.0. The molecule has 180 valence electrons. The summed E-state index contributed by atoms with van der Waals surface area (Å²) < 4.78 is 32.5. The summed E-state index contributed by atoms with van der Waals surface area (Å²) in [5, 5.41) is 13.4. The summed E-state index contributed by atoms with van der Waals surface area (Å²) >= 11 is 1.01. The number of amides is 3. The van der Waals surface area contributed by atoms with Crippen molar-refractivity contribution >= 4 is 23.7 Å². The van der Waals surface area contributed by atoms with Crippen LogP contribution in [0.4, 0.5) is 9.18 Å². The standard InChI is InChI=1S/C22H24FN5O5S/c1-5-24-21(30)25-18(29)12-34-22-27-26-20(28(22)15-9-7-6-8-14(15)23)13-10-16(31-2)19(33-4)17(11-13)32-3/h6-11H,5,12H2,1-4H3,(H2,24,25,29,30). The third kappa shape index (κ3) is 5.39. The molecule has 3 amide bonds. The van der Waals surface area contributed by atoms with Crippen molar-refractivity contribution < 1.29 is 28.2 Å². The quantitative estimate of drug-likeness (QED) is 0.441. The van der Waals surface area contributed by atoms with Crippen LogP contribution in [-0.2, 0) is 4.79 Å². The molecule has 2 N–H and O–H groups in total. The van der Waals surface area contributed by atoms with E-state index in [1.807, 2.05) is 0 Å². The zero-order valence-corrected chi connectivity index (χ0v) is 19.9. The van der Waals surface area contributed by atoms with E-state index in [2.05, 4.69) is 20.8 Å². The maximum atomic E-state index is 14.8. The van der Waals surface area contributed by atoms with Crippen LogP contribution >= 0.6 is 11.8 Å². The number of hydrogen-bond donors (Lipinski definition) is 2. The second-order valence-corrected chi connectivity index (χ2v) is 7.65. The number of carbonyl (C=O) groups excluding carboxylic acids is 2. The Morgan fingerprint density at radius 1 is 1.06 bits per heavy atom. The fraction of sp³-hybridized carbons (Fsp3) is 0.273. The van der Waals surface area contributed by atoms with Gasteiger partial charge in [-0.3, -0.25) is 14.7 Å². The molecule has 0 unspecified atom stereocenters. The SMILES string of the molecule is CCNC(=O)NC(=O)CSc1nnc(-c2cc(OC)c(OC)c(OC)c2)n1-c1ccccc1F. The molecule has 0 atom stereocenters. The van der Waals surface area contributed by atoms with Crippen LogP contribution in [0.5, 0.6) is 17.2 Å². The molecule has 0 spiro atoms. The molecule has 3 aromatic rings. The smallest absolute Gasteiger partial charge is 0.321 e. The van der Waals surface area contributed by atoms with Crippen LogP contribution < -0.4 is 24.8 Å². The summed E-state index contributed by atoms with van der Waals surface area (Å²) in [6.07, 6.45) is 0. The number of carbonyl (C=O) groups is 2. The van der Waals surface area contributed by atoms with Gasteiger partial charge < -0.3 is 19.5 Å². The molecule has 1 aromatic heterocycles. The molecule has 0 radical (unpaired) electrons. The number of urea groups is 1. The summed E-state index contributed by atoms with van der Waals surface area (Å²) in [5.41, 5.74) is 0.701. The number of nitrogens with one attached hydrogen (secondary N) is 2. The van der Waals surface area contributed by atoms with Crippen molar-refractivity contribution in [2.24, 2.45) is 0 Å². The molecular formula is C22H24FN5O5S. The predicted molar refractivity (Wildman–Crippen MR) is 124 cm³/mol. The highest BCUT2D eigenvalue weighted by molar-refractivity contribution is 7.99. The first-order valence-electron chi connectivity index (χ1n) is 10.1. The predicted octanol–water partition coefficient (Wildman–Crippen LogP) is 3.04. The van der Waals surface area contributed by atoms with E-state index in [4.69, 9.17) is 14.2 Å². The van der Waals surface area contributed by atoms with Gasteiger partial charge in [0.25, 0.3) is 0 Å². The molecule has 0 saturated carbocycles. The molecule has 1 heterocycles. The average molecular weight is 490 g/mol. The maximum Gasteiger partial charge on any atom is 0.321 e. The molecular weight excluding hydrogens is 465 g/mol. The van der Waals surface area contributed by atoms with Gasteiger partial charge >= 0.3 is 6.03 Å². The minimum absolute atomic E-state index is 0.140. The fourth-order valence-corrected chi connectivity index (χ4v) is 3.85. The van der Waals surface area contributed by atoms with Crippen molar-refractivity contribution in [2.45, 2.75) is 12.1 Å². The Balaban J connectivity index is 2.05. The molecule has 2 aromatic carbocycles. The van der Waals surface area contributed by atoms with E-state index < -0.39 is 17.8 Å². The van der Waals surface area contributed by atoms with Crippen LogP contribution in [0, 0.1) is 5.82 Å². The van der Waals surface area contributed by atoms with E-state index >= 15 is 0 Å². The first kappa shape index (κ1) is 24.8. The van der Waals surface area contributed by atoms with Gasteiger partial charge in [-0.1, -0.05) is 23.9 Å². The molecule has 0 fully saturated rings. The highest BCUT2D eigenvalue weighted by Crippen LogP contribution is 2.41.